The van der Waals surface area contributed by atoms with Crippen molar-refractivity contribution in [2.45, 2.75) is 68.9 Å². The van der Waals surface area contributed by atoms with Crippen LogP contribution in [0.5, 0.6) is 0 Å². The van der Waals surface area contributed by atoms with Gasteiger partial charge in [0.05, 0.1) is 42.7 Å². The monoisotopic (exact) mass is 538 g/mol. The smallest absolute Gasteiger partial charge is 0.385 e. The molecule has 5 heterocycles. The zero-order valence-corrected chi connectivity index (χ0v) is 21.7. The number of fused-ring (bicyclic) bond motifs is 1. The Bertz CT molecular complexity index is 1230. The van der Waals surface area contributed by atoms with E-state index in [-0.39, 0.29) is 28.7 Å². The first-order valence-electron chi connectivity index (χ1n) is 13.6. The van der Waals surface area contributed by atoms with Crippen molar-refractivity contribution in [3.8, 4) is 0 Å². The number of hydrogen-bond donors (Lipinski definition) is 4. The zero-order chi connectivity index (χ0) is 26.7. The average molecular weight is 539 g/mol. The number of aromatic nitrogens is 2. The first kappa shape index (κ1) is 26.3. The highest BCUT2D eigenvalue weighted by Crippen LogP contribution is 2.49. The second-order valence-electron chi connectivity index (χ2n) is 11.8. The summed E-state index contributed by atoms with van der Waals surface area (Å²) in [6, 6.07) is 0.853. The summed E-state index contributed by atoms with van der Waals surface area (Å²) >= 11 is 0. The number of ether oxygens (including phenoxy) is 1. The summed E-state index contributed by atoms with van der Waals surface area (Å²) in [5.74, 6) is 0.314. The van der Waals surface area contributed by atoms with Crippen LogP contribution in [0.1, 0.15) is 62.1 Å². The predicted molar refractivity (Wildman–Crippen MR) is 134 cm³/mol. The molecule has 9 nitrogen and oxygen atoms in total. The summed E-state index contributed by atoms with van der Waals surface area (Å²) in [6.07, 6.45) is 3.24. The van der Waals surface area contributed by atoms with Crippen LogP contribution >= 0.6 is 0 Å². The number of rotatable bonds is 5. The minimum atomic E-state index is -4.65. The van der Waals surface area contributed by atoms with E-state index in [4.69, 9.17) is 4.74 Å². The Morgan fingerprint density at radius 2 is 1.95 bits per heavy atom. The van der Waals surface area contributed by atoms with Crippen LogP contribution in [-0.2, 0) is 16.5 Å². The molecule has 38 heavy (non-hydrogen) atoms. The van der Waals surface area contributed by atoms with Crippen molar-refractivity contribution in [2.24, 2.45) is 11.3 Å². The third kappa shape index (κ3) is 4.48. The number of piperidine rings is 1. The molecule has 0 spiro atoms. The standard InChI is InChI=1S/C26H37F3N6O3/c1-33-16-31-32-22(33)11-24(14-38-15-24)17-3-2-4-19(9-17)34-13-21-20(26(27,28)29)10-18(12-35(21)23(34)36)25(37)5-7-30-8-6-25/h10,12-13,17,19,22,30-32,37H,2-9,11,14-16H2,1H3. The highest BCUT2D eigenvalue weighted by atomic mass is 19.4. The van der Waals surface area contributed by atoms with Crippen LogP contribution in [0.2, 0.25) is 0 Å². The second-order valence-corrected chi connectivity index (χ2v) is 11.8. The number of nitrogens with one attached hydrogen (secondary N) is 3. The highest BCUT2D eigenvalue weighted by Gasteiger charge is 2.49. The lowest BCUT2D eigenvalue weighted by molar-refractivity contribution is -0.167. The third-order valence-corrected chi connectivity index (χ3v) is 9.48. The van der Waals surface area contributed by atoms with E-state index >= 15 is 0 Å². The van der Waals surface area contributed by atoms with Gasteiger partial charge in [-0.2, -0.15) is 13.2 Å². The minimum absolute atomic E-state index is 0.0119. The van der Waals surface area contributed by atoms with Gasteiger partial charge < -0.3 is 15.2 Å². The van der Waals surface area contributed by atoms with Crippen LogP contribution in [0.15, 0.2) is 23.3 Å². The lowest BCUT2D eigenvalue weighted by Crippen LogP contribution is -2.54. The number of hydrogen-bond acceptors (Lipinski definition) is 7. The SMILES string of the molecule is CN1CNNC1CC1(C2CCCC(n3cc4c(C(F)(F)F)cc(C5(O)CCNCC5)cn4c3=O)C2)COC1. The summed E-state index contributed by atoms with van der Waals surface area (Å²) in [5, 5.41) is 14.3. The second kappa shape index (κ2) is 9.60. The van der Waals surface area contributed by atoms with Gasteiger partial charge in [-0.05, 0) is 70.6 Å². The molecule has 3 saturated heterocycles. The van der Waals surface area contributed by atoms with Gasteiger partial charge in [0.25, 0.3) is 0 Å². The summed E-state index contributed by atoms with van der Waals surface area (Å²) in [4.78, 5) is 15.8. The van der Waals surface area contributed by atoms with Gasteiger partial charge in [-0.1, -0.05) is 6.42 Å². The van der Waals surface area contributed by atoms with Crippen LogP contribution in [0, 0.1) is 11.3 Å². The molecule has 0 amide bonds. The van der Waals surface area contributed by atoms with Gasteiger partial charge in [-0.25, -0.2) is 15.6 Å². The van der Waals surface area contributed by atoms with E-state index in [1.807, 2.05) is 0 Å². The van der Waals surface area contributed by atoms with Crippen molar-refractivity contribution in [1.82, 2.24) is 30.0 Å². The first-order chi connectivity index (χ1) is 18.1. The number of pyridine rings is 1. The van der Waals surface area contributed by atoms with Crippen molar-refractivity contribution in [2.75, 3.05) is 40.0 Å². The summed E-state index contributed by atoms with van der Waals surface area (Å²) < 4.78 is 51.0. The van der Waals surface area contributed by atoms with Crippen molar-refractivity contribution in [1.29, 1.82) is 0 Å². The van der Waals surface area contributed by atoms with Crippen LogP contribution in [0.3, 0.4) is 0 Å². The molecule has 4 fully saturated rings. The third-order valence-electron chi connectivity index (χ3n) is 9.48. The van der Waals surface area contributed by atoms with E-state index in [0.717, 1.165) is 49.2 Å². The van der Waals surface area contributed by atoms with E-state index in [2.05, 4.69) is 28.1 Å². The molecule has 0 bridgehead atoms. The Balaban J connectivity index is 1.34. The number of imidazole rings is 1. The zero-order valence-electron chi connectivity index (χ0n) is 21.7. The molecule has 4 aliphatic rings. The maximum atomic E-state index is 14.2. The molecule has 1 aliphatic carbocycles. The van der Waals surface area contributed by atoms with Crippen molar-refractivity contribution < 1.29 is 23.0 Å². The Kier molecular flexibility index (Phi) is 6.64. The number of aliphatic hydroxyl groups is 1. The Morgan fingerprint density at radius 3 is 2.58 bits per heavy atom. The van der Waals surface area contributed by atoms with Crippen LogP contribution in [-0.4, -0.2) is 65.2 Å². The van der Waals surface area contributed by atoms with E-state index in [1.54, 1.807) is 0 Å². The average Bonchev–Trinajstić information content (AvgIpc) is 3.43. The Morgan fingerprint density at radius 1 is 1.18 bits per heavy atom. The Labute approximate surface area is 219 Å². The Hall–Kier alpha value is -1.96. The first-order valence-corrected chi connectivity index (χ1v) is 13.6. The fourth-order valence-corrected chi connectivity index (χ4v) is 7.04. The van der Waals surface area contributed by atoms with E-state index in [1.165, 1.54) is 17.0 Å². The molecule has 3 atom stereocenters. The molecule has 2 aromatic rings. The molecule has 12 heteroatoms. The van der Waals surface area contributed by atoms with Crippen LogP contribution in [0.4, 0.5) is 13.2 Å². The van der Waals surface area contributed by atoms with E-state index in [0.29, 0.717) is 45.1 Å². The van der Waals surface area contributed by atoms with Crippen LogP contribution < -0.4 is 21.9 Å². The molecule has 3 aliphatic heterocycles. The number of halogens is 3. The van der Waals surface area contributed by atoms with Gasteiger partial charge in [0.2, 0.25) is 0 Å². The molecular weight excluding hydrogens is 501 g/mol. The summed E-state index contributed by atoms with van der Waals surface area (Å²) in [5.41, 5.74) is 3.72. The lowest BCUT2D eigenvalue weighted by atomic mass is 9.64. The molecular formula is C26H37F3N6O3. The maximum Gasteiger partial charge on any atom is 0.418 e. The van der Waals surface area contributed by atoms with Gasteiger partial charge in [0, 0.05) is 29.4 Å². The normalized spacial score (nSPS) is 30.0. The summed E-state index contributed by atoms with van der Waals surface area (Å²) in [6.45, 7) is 3.10. The van der Waals surface area contributed by atoms with Crippen molar-refractivity contribution in [3.63, 3.8) is 0 Å². The molecule has 2 aromatic heterocycles. The molecule has 6 rings (SSSR count). The predicted octanol–water partition coefficient (Wildman–Crippen LogP) is 2.15. The van der Waals surface area contributed by atoms with Crippen molar-refractivity contribution in [3.05, 3.63) is 40.1 Å². The minimum Gasteiger partial charge on any atom is -0.385 e. The lowest BCUT2D eigenvalue weighted by Gasteiger charge is -2.51. The van der Waals surface area contributed by atoms with Gasteiger partial charge in [-0.15, -0.1) is 0 Å². The van der Waals surface area contributed by atoms with Gasteiger partial charge in [0.1, 0.15) is 0 Å². The van der Waals surface area contributed by atoms with E-state index in [9.17, 15) is 23.1 Å². The maximum absolute atomic E-state index is 14.2. The van der Waals surface area contributed by atoms with Crippen molar-refractivity contribution >= 4 is 5.52 Å². The summed E-state index contributed by atoms with van der Waals surface area (Å²) in [7, 11) is 2.06. The number of alkyl halides is 3. The van der Waals surface area contributed by atoms with Gasteiger partial charge in [-0.3, -0.25) is 13.9 Å². The van der Waals surface area contributed by atoms with Gasteiger partial charge >= 0.3 is 11.9 Å². The molecule has 0 aromatic carbocycles. The number of hydrazine groups is 1. The van der Waals surface area contributed by atoms with Crippen LogP contribution in [0.25, 0.3) is 5.52 Å². The topological polar surface area (TPSA) is 95.2 Å². The molecule has 210 valence electrons. The molecule has 1 saturated carbocycles. The molecule has 3 unspecified atom stereocenters. The van der Waals surface area contributed by atoms with Gasteiger partial charge in [0.15, 0.2) is 0 Å². The molecule has 4 N–H and O–H groups in total. The number of nitrogens with zero attached hydrogens (tertiary/aromatic N) is 3. The molecule has 0 radical (unpaired) electrons. The largest absolute Gasteiger partial charge is 0.418 e. The quantitative estimate of drug-likeness (QED) is 0.464. The fraction of sp³-hybridized carbons (Fsp3) is 0.731. The highest BCUT2D eigenvalue weighted by molar-refractivity contribution is 5.57. The fourth-order valence-electron chi connectivity index (χ4n) is 7.04. The van der Waals surface area contributed by atoms with E-state index < -0.39 is 23.0 Å².